The van der Waals surface area contributed by atoms with Gasteiger partial charge in [-0.15, -0.1) is 0 Å². The second kappa shape index (κ2) is 5.72. The number of rotatable bonds is 3. The molecule has 1 N–H and O–H groups in total. The monoisotopic (exact) mass is 304 g/mol. The summed E-state index contributed by atoms with van der Waals surface area (Å²) in [6.45, 7) is 6.00. The Hall–Kier alpha value is -1.89. The Morgan fingerprint density at radius 1 is 1.23 bits per heavy atom. The van der Waals surface area contributed by atoms with Crippen molar-refractivity contribution >= 4 is 11.6 Å². The van der Waals surface area contributed by atoms with E-state index in [-0.39, 0.29) is 6.01 Å². The van der Waals surface area contributed by atoms with Gasteiger partial charge in [-0.3, -0.25) is 0 Å². The standard InChI is InChI=1S/C15H24N6O/c1-10(2)12-9-16-21-13(12)17-14(18-15(21)22)20-7-5-11(6-8-20)19(3)4/h9-11H,5-8H2,1-4H3,(H,17,18,22). The van der Waals surface area contributed by atoms with E-state index >= 15 is 0 Å². The number of fused-ring (bicyclic) bond motifs is 1. The summed E-state index contributed by atoms with van der Waals surface area (Å²) in [7, 11) is 4.24. The average Bonchev–Trinajstić information content (AvgIpc) is 2.92. The Balaban J connectivity index is 1.90. The van der Waals surface area contributed by atoms with Crippen LogP contribution in [0.15, 0.2) is 6.20 Å². The molecule has 0 atom stereocenters. The fourth-order valence-electron chi connectivity index (χ4n) is 3.00. The zero-order chi connectivity index (χ0) is 15.9. The maximum absolute atomic E-state index is 10.1. The van der Waals surface area contributed by atoms with Crippen LogP contribution < -0.4 is 4.90 Å². The third kappa shape index (κ3) is 2.61. The summed E-state index contributed by atoms with van der Waals surface area (Å²) in [4.78, 5) is 13.3. The summed E-state index contributed by atoms with van der Waals surface area (Å²) in [6.07, 6.45) is 3.92. The summed E-state index contributed by atoms with van der Waals surface area (Å²) in [5.41, 5.74) is 1.73. The van der Waals surface area contributed by atoms with E-state index in [1.165, 1.54) is 4.52 Å². The smallest absolute Gasteiger partial charge is 0.320 e. The highest BCUT2D eigenvalue weighted by atomic mass is 16.3. The molecule has 2 aromatic rings. The molecule has 0 saturated carbocycles. The van der Waals surface area contributed by atoms with Crippen LogP contribution in [0.2, 0.25) is 0 Å². The van der Waals surface area contributed by atoms with Crippen molar-refractivity contribution in [1.82, 2.24) is 24.5 Å². The van der Waals surface area contributed by atoms with Crippen LogP contribution in [0.3, 0.4) is 0 Å². The SMILES string of the molecule is CC(C)c1cnn2c(O)nc(N3CCC(N(C)C)CC3)nc12. The number of aromatic nitrogens is 4. The molecule has 3 rings (SSSR count). The van der Waals surface area contributed by atoms with Crippen molar-refractivity contribution in [2.45, 2.75) is 38.6 Å². The Morgan fingerprint density at radius 2 is 1.91 bits per heavy atom. The Bertz CT molecular complexity index is 657. The number of piperidine rings is 1. The van der Waals surface area contributed by atoms with Crippen LogP contribution in [0.4, 0.5) is 5.95 Å². The fraction of sp³-hybridized carbons (Fsp3) is 0.667. The van der Waals surface area contributed by atoms with E-state index in [0.717, 1.165) is 31.5 Å². The summed E-state index contributed by atoms with van der Waals surface area (Å²) in [5.74, 6) is 0.906. The maximum atomic E-state index is 10.1. The first-order valence-electron chi connectivity index (χ1n) is 7.83. The van der Waals surface area contributed by atoms with Crippen molar-refractivity contribution in [1.29, 1.82) is 0 Å². The summed E-state index contributed by atoms with van der Waals surface area (Å²) < 4.78 is 1.41. The van der Waals surface area contributed by atoms with Gasteiger partial charge >= 0.3 is 6.01 Å². The molecular formula is C15H24N6O. The molecule has 0 aromatic carbocycles. The first-order valence-corrected chi connectivity index (χ1v) is 7.83. The van der Waals surface area contributed by atoms with Gasteiger partial charge < -0.3 is 14.9 Å². The minimum absolute atomic E-state index is 0.0957. The number of hydrogen-bond donors (Lipinski definition) is 1. The zero-order valence-electron chi connectivity index (χ0n) is 13.7. The summed E-state index contributed by atoms with van der Waals surface area (Å²) in [5, 5.41) is 14.3. The third-order valence-corrected chi connectivity index (χ3v) is 4.47. The van der Waals surface area contributed by atoms with Gasteiger partial charge in [0.1, 0.15) is 0 Å². The normalized spacial score (nSPS) is 17.1. The molecule has 1 saturated heterocycles. The van der Waals surface area contributed by atoms with Gasteiger partial charge in [0.25, 0.3) is 0 Å². The fourth-order valence-corrected chi connectivity index (χ4v) is 3.00. The lowest BCUT2D eigenvalue weighted by atomic mass is 10.0. The van der Waals surface area contributed by atoms with Crippen molar-refractivity contribution in [2.75, 3.05) is 32.1 Å². The number of hydrogen-bond acceptors (Lipinski definition) is 6. The Morgan fingerprint density at radius 3 is 2.50 bits per heavy atom. The van der Waals surface area contributed by atoms with Gasteiger partial charge in [-0.05, 0) is 32.9 Å². The summed E-state index contributed by atoms with van der Waals surface area (Å²) >= 11 is 0. The maximum Gasteiger partial charge on any atom is 0.320 e. The van der Waals surface area contributed by atoms with E-state index in [1.807, 2.05) is 0 Å². The molecule has 7 nitrogen and oxygen atoms in total. The molecule has 0 bridgehead atoms. The van der Waals surface area contributed by atoms with Gasteiger partial charge in [0.05, 0.1) is 6.20 Å². The molecule has 0 amide bonds. The van der Waals surface area contributed by atoms with E-state index < -0.39 is 0 Å². The van der Waals surface area contributed by atoms with Crippen LogP contribution in [-0.4, -0.2) is 62.8 Å². The van der Waals surface area contributed by atoms with Crippen molar-refractivity contribution in [2.24, 2.45) is 0 Å². The second-order valence-corrected chi connectivity index (χ2v) is 6.50. The Kier molecular flexibility index (Phi) is 3.90. The molecule has 1 aliphatic heterocycles. The lowest BCUT2D eigenvalue weighted by molar-refractivity contribution is 0.248. The van der Waals surface area contributed by atoms with Gasteiger partial charge in [-0.2, -0.15) is 19.6 Å². The van der Waals surface area contributed by atoms with Crippen molar-refractivity contribution < 1.29 is 5.11 Å². The lowest BCUT2D eigenvalue weighted by Crippen LogP contribution is -2.42. The molecule has 0 radical (unpaired) electrons. The second-order valence-electron chi connectivity index (χ2n) is 6.50. The van der Waals surface area contributed by atoms with Crippen molar-refractivity contribution in [3.63, 3.8) is 0 Å². The van der Waals surface area contributed by atoms with Crippen molar-refractivity contribution in [3.8, 4) is 6.01 Å². The van der Waals surface area contributed by atoms with Crippen LogP contribution in [-0.2, 0) is 0 Å². The number of aromatic hydroxyl groups is 1. The molecular weight excluding hydrogens is 280 g/mol. The van der Waals surface area contributed by atoms with Crippen LogP contribution in [0.1, 0.15) is 38.2 Å². The minimum atomic E-state index is -0.0957. The minimum Gasteiger partial charge on any atom is -0.479 e. The summed E-state index contributed by atoms with van der Waals surface area (Å²) in [6, 6.07) is 0.511. The van der Waals surface area contributed by atoms with Crippen LogP contribution >= 0.6 is 0 Å². The topological polar surface area (TPSA) is 69.8 Å². The molecule has 1 aliphatic rings. The average molecular weight is 304 g/mol. The van der Waals surface area contributed by atoms with Gasteiger partial charge in [0, 0.05) is 24.7 Å². The highest BCUT2D eigenvalue weighted by molar-refractivity contribution is 5.53. The van der Waals surface area contributed by atoms with E-state index in [4.69, 9.17) is 0 Å². The molecule has 0 unspecified atom stereocenters. The molecule has 3 heterocycles. The molecule has 22 heavy (non-hydrogen) atoms. The molecule has 1 fully saturated rings. The predicted molar refractivity (Wildman–Crippen MR) is 85.5 cm³/mol. The quantitative estimate of drug-likeness (QED) is 0.926. The van der Waals surface area contributed by atoms with E-state index in [2.05, 4.69) is 52.8 Å². The number of anilines is 1. The van der Waals surface area contributed by atoms with Gasteiger partial charge in [0.2, 0.25) is 5.95 Å². The third-order valence-electron chi connectivity index (χ3n) is 4.47. The lowest BCUT2D eigenvalue weighted by Gasteiger charge is -2.35. The highest BCUT2D eigenvalue weighted by Crippen LogP contribution is 2.25. The van der Waals surface area contributed by atoms with Crippen LogP contribution in [0.25, 0.3) is 5.65 Å². The first-order chi connectivity index (χ1) is 10.5. The number of nitrogens with zero attached hydrogens (tertiary/aromatic N) is 6. The van der Waals surface area contributed by atoms with E-state index in [9.17, 15) is 5.11 Å². The van der Waals surface area contributed by atoms with Crippen molar-refractivity contribution in [3.05, 3.63) is 11.8 Å². The van der Waals surface area contributed by atoms with Crippen LogP contribution in [0.5, 0.6) is 6.01 Å². The molecule has 0 aliphatic carbocycles. The first kappa shape index (κ1) is 15.0. The zero-order valence-corrected chi connectivity index (χ0v) is 13.7. The van der Waals surface area contributed by atoms with Gasteiger partial charge in [-0.25, -0.2) is 0 Å². The van der Waals surface area contributed by atoms with Crippen LogP contribution in [0, 0.1) is 0 Å². The van der Waals surface area contributed by atoms with Gasteiger partial charge in [0.15, 0.2) is 5.65 Å². The van der Waals surface area contributed by atoms with E-state index in [1.54, 1.807) is 6.20 Å². The molecule has 2 aromatic heterocycles. The molecule has 120 valence electrons. The molecule has 7 heteroatoms. The molecule has 0 spiro atoms. The van der Waals surface area contributed by atoms with E-state index in [0.29, 0.717) is 23.6 Å². The Labute approximate surface area is 130 Å². The predicted octanol–water partition coefficient (Wildman–Crippen LogP) is 1.48. The largest absolute Gasteiger partial charge is 0.479 e. The highest BCUT2D eigenvalue weighted by Gasteiger charge is 2.24. The van der Waals surface area contributed by atoms with Gasteiger partial charge in [-0.1, -0.05) is 13.8 Å².